The van der Waals surface area contributed by atoms with Gasteiger partial charge in [0.05, 0.1) is 10.1 Å². The Labute approximate surface area is 256 Å². The smallest absolute Gasteiger partial charge is 0.258 e. The highest BCUT2D eigenvalue weighted by atomic mass is 32.2. The summed E-state index contributed by atoms with van der Waals surface area (Å²) in [5.41, 5.74) is 4.84. The Kier molecular flexibility index (Phi) is 9.24. The lowest BCUT2D eigenvalue weighted by atomic mass is 10.00. The van der Waals surface area contributed by atoms with Crippen LogP contribution in [0.15, 0.2) is 102 Å². The number of ether oxygens (including phenoxy) is 2. The molecule has 4 aromatic carbocycles. The lowest BCUT2D eigenvalue weighted by molar-refractivity contribution is 0.190. The highest BCUT2D eigenvalue weighted by Gasteiger charge is 2.47. The molecule has 0 spiro atoms. The van der Waals surface area contributed by atoms with Crippen LogP contribution in [0, 0.1) is 0 Å². The standard InChI is InChI=1S/C36H42O4SSi/c1-24(2)42(25(3)4,26(5)6)40-31-18-14-29(15-19-31)36-35(28-12-16-30(37)17-13-28)39-33-21-20-32(22-34(33)41-36)38-23-27-10-8-7-9-11-27/h7-22,24-26,35-37H,23H2,1-6H3. The summed E-state index contributed by atoms with van der Waals surface area (Å²) in [7, 11) is -2.05. The van der Waals surface area contributed by atoms with Crippen LogP contribution in [0.5, 0.6) is 23.0 Å². The molecule has 5 rings (SSSR count). The van der Waals surface area contributed by atoms with Crippen molar-refractivity contribution in [2.24, 2.45) is 0 Å². The fourth-order valence-corrected chi connectivity index (χ4v) is 12.9. The predicted octanol–water partition coefficient (Wildman–Crippen LogP) is 10.5. The van der Waals surface area contributed by atoms with Gasteiger partial charge in [-0.3, -0.25) is 0 Å². The van der Waals surface area contributed by atoms with Gasteiger partial charge in [0.25, 0.3) is 8.32 Å². The molecule has 0 amide bonds. The fraction of sp³-hybridized carbons (Fsp3) is 0.333. The number of hydrogen-bond donors (Lipinski definition) is 1. The number of rotatable bonds is 10. The largest absolute Gasteiger partial charge is 0.543 e. The molecule has 0 saturated heterocycles. The van der Waals surface area contributed by atoms with Crippen molar-refractivity contribution in [1.82, 2.24) is 0 Å². The van der Waals surface area contributed by atoms with Crippen LogP contribution < -0.4 is 13.9 Å². The second kappa shape index (κ2) is 12.9. The van der Waals surface area contributed by atoms with E-state index in [4.69, 9.17) is 13.9 Å². The summed E-state index contributed by atoms with van der Waals surface area (Å²) in [6.07, 6.45) is -0.221. The summed E-state index contributed by atoms with van der Waals surface area (Å²) < 4.78 is 19.7. The van der Waals surface area contributed by atoms with Gasteiger partial charge in [0, 0.05) is 0 Å². The molecule has 0 saturated carbocycles. The highest BCUT2D eigenvalue weighted by molar-refractivity contribution is 7.99. The molecule has 0 aromatic heterocycles. The molecule has 4 nitrogen and oxygen atoms in total. The molecular weight excluding hydrogens is 557 g/mol. The minimum absolute atomic E-state index is 0.00256. The molecule has 0 aliphatic carbocycles. The molecule has 42 heavy (non-hydrogen) atoms. The van der Waals surface area contributed by atoms with Gasteiger partial charge >= 0.3 is 0 Å². The van der Waals surface area contributed by atoms with Gasteiger partial charge in [0.15, 0.2) is 0 Å². The molecule has 0 fully saturated rings. The Morgan fingerprint density at radius 2 is 1.33 bits per heavy atom. The second-order valence-electron chi connectivity index (χ2n) is 12.0. The number of benzene rings is 4. The summed E-state index contributed by atoms with van der Waals surface area (Å²) >= 11 is 1.79. The number of phenolic OH excluding ortho intramolecular Hbond substituents is 1. The minimum Gasteiger partial charge on any atom is -0.543 e. The molecule has 2 unspecified atom stereocenters. The van der Waals surface area contributed by atoms with Gasteiger partial charge in [-0.1, -0.05) is 96.1 Å². The number of phenols is 1. The first kappa shape index (κ1) is 30.1. The Morgan fingerprint density at radius 3 is 1.95 bits per heavy atom. The van der Waals surface area contributed by atoms with E-state index >= 15 is 0 Å². The average molecular weight is 599 g/mol. The van der Waals surface area contributed by atoms with Gasteiger partial charge in [-0.2, -0.15) is 0 Å². The lowest BCUT2D eigenvalue weighted by Crippen LogP contribution is -2.50. The van der Waals surface area contributed by atoms with Crippen molar-refractivity contribution in [3.63, 3.8) is 0 Å². The molecule has 1 N–H and O–H groups in total. The van der Waals surface area contributed by atoms with E-state index in [1.54, 1.807) is 23.9 Å². The first-order valence-corrected chi connectivity index (χ1v) is 17.9. The lowest BCUT2D eigenvalue weighted by Gasteiger charge is -2.42. The van der Waals surface area contributed by atoms with Crippen LogP contribution in [0.2, 0.25) is 16.6 Å². The second-order valence-corrected chi connectivity index (χ2v) is 18.6. The number of hydrogen-bond acceptors (Lipinski definition) is 5. The zero-order valence-corrected chi connectivity index (χ0v) is 27.2. The average Bonchev–Trinajstić information content (AvgIpc) is 2.99. The van der Waals surface area contributed by atoms with Crippen LogP contribution in [-0.4, -0.2) is 13.4 Å². The van der Waals surface area contributed by atoms with Crippen molar-refractivity contribution in [2.75, 3.05) is 0 Å². The normalized spacial score (nSPS) is 16.8. The third-order valence-electron chi connectivity index (χ3n) is 8.38. The van der Waals surface area contributed by atoms with E-state index in [1.165, 1.54) is 0 Å². The SMILES string of the molecule is CC(C)[Si](Oc1ccc(C2Sc3cc(OCc4ccccc4)ccc3OC2c2ccc(O)cc2)cc1)(C(C)C)C(C)C. The maximum atomic E-state index is 9.93. The maximum absolute atomic E-state index is 9.93. The van der Waals surface area contributed by atoms with E-state index in [0.717, 1.165) is 38.8 Å². The van der Waals surface area contributed by atoms with Crippen molar-refractivity contribution in [2.45, 2.75) is 81.0 Å². The fourth-order valence-electron chi connectivity index (χ4n) is 6.34. The Morgan fingerprint density at radius 1 is 0.738 bits per heavy atom. The maximum Gasteiger partial charge on any atom is 0.258 e. The predicted molar refractivity (Wildman–Crippen MR) is 175 cm³/mol. The van der Waals surface area contributed by atoms with E-state index in [9.17, 15) is 5.11 Å². The minimum atomic E-state index is -2.05. The molecule has 2 atom stereocenters. The van der Waals surface area contributed by atoms with E-state index in [1.807, 2.05) is 42.5 Å². The molecule has 1 heterocycles. The van der Waals surface area contributed by atoms with Crippen LogP contribution in [0.4, 0.5) is 0 Å². The summed E-state index contributed by atoms with van der Waals surface area (Å²) in [6, 6.07) is 32.2. The monoisotopic (exact) mass is 598 g/mol. The van der Waals surface area contributed by atoms with Gasteiger partial charge in [-0.05, 0) is 75.8 Å². The van der Waals surface area contributed by atoms with Gasteiger partial charge < -0.3 is 19.0 Å². The van der Waals surface area contributed by atoms with Crippen LogP contribution in [0.3, 0.4) is 0 Å². The first-order valence-electron chi connectivity index (χ1n) is 14.9. The third kappa shape index (κ3) is 6.35. The van der Waals surface area contributed by atoms with Crippen molar-refractivity contribution < 1.29 is 19.0 Å². The number of fused-ring (bicyclic) bond motifs is 1. The van der Waals surface area contributed by atoms with E-state index in [0.29, 0.717) is 23.2 Å². The molecule has 220 valence electrons. The van der Waals surface area contributed by atoms with E-state index in [2.05, 4.69) is 84.0 Å². The molecule has 1 aliphatic rings. The van der Waals surface area contributed by atoms with Crippen LogP contribution >= 0.6 is 11.8 Å². The first-order chi connectivity index (χ1) is 20.2. The van der Waals surface area contributed by atoms with E-state index < -0.39 is 8.32 Å². The molecule has 4 aromatic rings. The topological polar surface area (TPSA) is 47.9 Å². The quantitative estimate of drug-likeness (QED) is 0.184. The molecule has 0 bridgehead atoms. The van der Waals surface area contributed by atoms with Crippen LogP contribution in [0.25, 0.3) is 0 Å². The van der Waals surface area contributed by atoms with Crippen LogP contribution in [0.1, 0.15) is 69.6 Å². The zero-order valence-electron chi connectivity index (χ0n) is 25.4. The van der Waals surface area contributed by atoms with Gasteiger partial charge in [0.2, 0.25) is 0 Å². The summed E-state index contributed by atoms with van der Waals surface area (Å²) in [6.45, 7) is 14.4. The van der Waals surface area contributed by atoms with Gasteiger partial charge in [-0.25, -0.2) is 0 Å². The van der Waals surface area contributed by atoms with Crippen LogP contribution in [-0.2, 0) is 6.61 Å². The molecular formula is C36H42O4SSi. The van der Waals surface area contributed by atoms with E-state index in [-0.39, 0.29) is 17.1 Å². The Bertz CT molecular complexity index is 1430. The molecule has 0 radical (unpaired) electrons. The third-order valence-corrected chi connectivity index (χ3v) is 15.7. The zero-order chi connectivity index (χ0) is 29.9. The Hall–Kier alpha value is -3.35. The summed E-state index contributed by atoms with van der Waals surface area (Å²) in [5, 5.41) is 9.93. The number of aromatic hydroxyl groups is 1. The Balaban J connectivity index is 1.43. The molecule has 1 aliphatic heterocycles. The summed E-state index contributed by atoms with van der Waals surface area (Å²) in [4.78, 5) is 1.05. The van der Waals surface area contributed by atoms with Crippen molar-refractivity contribution >= 4 is 20.1 Å². The van der Waals surface area contributed by atoms with Gasteiger partial charge in [-0.15, -0.1) is 11.8 Å². The summed E-state index contributed by atoms with van der Waals surface area (Å²) in [5.74, 6) is 2.84. The van der Waals surface area contributed by atoms with Gasteiger partial charge in [0.1, 0.15) is 35.7 Å². The van der Waals surface area contributed by atoms with Crippen molar-refractivity contribution in [3.05, 3.63) is 114 Å². The molecule has 6 heteroatoms. The highest BCUT2D eigenvalue weighted by Crippen LogP contribution is 2.54. The van der Waals surface area contributed by atoms with Crippen molar-refractivity contribution in [3.8, 4) is 23.0 Å². The number of thioether (sulfide) groups is 1. The van der Waals surface area contributed by atoms with Crippen molar-refractivity contribution in [1.29, 1.82) is 0 Å².